The number of thiocarbonyl (C=S) groups is 1. The second-order valence-electron chi connectivity index (χ2n) is 5.95. The minimum absolute atomic E-state index is 0. The largest absolute Gasteiger partial charge is 0.434 e. The molecule has 0 saturated heterocycles. The van der Waals surface area contributed by atoms with Gasteiger partial charge in [-0.3, -0.25) is 10.1 Å². The number of pyridine rings is 1. The number of hydrogen-bond donors (Lipinski definition) is 2. The molecular formula is C20H14Cl2N4O3S. The molecule has 1 amide bonds. The van der Waals surface area contributed by atoms with E-state index in [1.807, 2.05) is 0 Å². The number of fused-ring (bicyclic) bond motifs is 1. The molecule has 0 atom stereocenters. The van der Waals surface area contributed by atoms with Crippen LogP contribution in [0.15, 0.2) is 65.2 Å². The van der Waals surface area contributed by atoms with Crippen molar-refractivity contribution in [3.8, 4) is 11.5 Å². The summed E-state index contributed by atoms with van der Waals surface area (Å²) in [5.74, 6) is 0.0333. The van der Waals surface area contributed by atoms with E-state index in [2.05, 4.69) is 20.6 Å². The number of amides is 1. The highest BCUT2D eigenvalue weighted by atomic mass is 35.5. The molecule has 10 heteroatoms. The molecule has 2 heterocycles. The highest BCUT2D eigenvalue weighted by molar-refractivity contribution is 7.80. The van der Waals surface area contributed by atoms with Crippen LogP contribution in [0.5, 0.6) is 0 Å². The molecule has 4 aromatic rings. The maximum atomic E-state index is 12.3. The van der Waals surface area contributed by atoms with Crippen molar-refractivity contribution in [1.82, 2.24) is 15.3 Å². The standard InChI is InChI=1S/C20H12Cl2N4O2S.H2O/c21-13-6-3-11(4-7-13)18(27)26-20(29)24-15-10-12(5-8-14(15)22)19-25-17-16(28-19)2-1-9-23-17;/h1-10H,(H2,24,26,27,29);1H2. The maximum absolute atomic E-state index is 12.3. The number of carbonyl (C=O) groups is 1. The smallest absolute Gasteiger partial charge is 0.257 e. The minimum Gasteiger partial charge on any atom is -0.434 e. The van der Waals surface area contributed by atoms with Crippen LogP contribution in [-0.4, -0.2) is 26.5 Å². The number of benzene rings is 2. The lowest BCUT2D eigenvalue weighted by atomic mass is 10.2. The van der Waals surface area contributed by atoms with E-state index >= 15 is 0 Å². The van der Waals surface area contributed by atoms with E-state index in [4.69, 9.17) is 39.8 Å². The van der Waals surface area contributed by atoms with Crippen molar-refractivity contribution in [3.63, 3.8) is 0 Å². The molecule has 0 fully saturated rings. The lowest BCUT2D eigenvalue weighted by Gasteiger charge is -2.12. The van der Waals surface area contributed by atoms with Gasteiger partial charge < -0.3 is 15.2 Å². The van der Waals surface area contributed by atoms with E-state index in [-0.39, 0.29) is 16.5 Å². The molecule has 0 spiro atoms. The molecule has 7 nitrogen and oxygen atoms in total. The minimum atomic E-state index is -0.364. The molecule has 2 aromatic heterocycles. The van der Waals surface area contributed by atoms with Gasteiger partial charge in [-0.2, -0.15) is 4.98 Å². The normalized spacial score (nSPS) is 10.3. The predicted octanol–water partition coefficient (Wildman–Crippen LogP) is 4.50. The number of rotatable bonds is 3. The summed E-state index contributed by atoms with van der Waals surface area (Å²) in [6.07, 6.45) is 1.64. The molecule has 0 unspecified atom stereocenters. The fourth-order valence-corrected chi connectivity index (χ4v) is 3.07. The lowest BCUT2D eigenvalue weighted by molar-refractivity contribution is 0.0977. The maximum Gasteiger partial charge on any atom is 0.257 e. The Hall–Kier alpha value is -3.04. The summed E-state index contributed by atoms with van der Waals surface area (Å²) in [5, 5.41) is 6.59. The Morgan fingerprint density at radius 2 is 1.83 bits per heavy atom. The highest BCUT2D eigenvalue weighted by Gasteiger charge is 2.13. The van der Waals surface area contributed by atoms with E-state index in [0.717, 1.165) is 0 Å². The number of nitrogens with zero attached hydrogens (tertiary/aromatic N) is 2. The third kappa shape index (κ3) is 4.74. The first kappa shape index (κ1) is 21.7. The Morgan fingerprint density at radius 1 is 1.07 bits per heavy atom. The number of oxazole rings is 1. The molecule has 4 N–H and O–H groups in total. The van der Waals surface area contributed by atoms with Gasteiger partial charge in [0.05, 0.1) is 10.7 Å². The average molecular weight is 461 g/mol. The third-order valence-electron chi connectivity index (χ3n) is 3.96. The van der Waals surface area contributed by atoms with Crippen LogP contribution in [0.2, 0.25) is 10.0 Å². The summed E-state index contributed by atoms with van der Waals surface area (Å²) >= 11 is 17.3. The second-order valence-corrected chi connectivity index (χ2v) is 7.21. The number of anilines is 1. The van der Waals surface area contributed by atoms with E-state index in [1.165, 1.54) is 0 Å². The van der Waals surface area contributed by atoms with Gasteiger partial charge in [0.1, 0.15) is 0 Å². The molecule has 152 valence electrons. The Morgan fingerprint density at radius 3 is 2.57 bits per heavy atom. The molecule has 0 aliphatic rings. The summed E-state index contributed by atoms with van der Waals surface area (Å²) in [4.78, 5) is 20.8. The van der Waals surface area contributed by atoms with Crippen LogP contribution in [-0.2, 0) is 0 Å². The fourth-order valence-electron chi connectivity index (χ4n) is 2.58. The molecule has 0 aliphatic heterocycles. The van der Waals surface area contributed by atoms with Crippen molar-refractivity contribution >= 4 is 63.4 Å². The van der Waals surface area contributed by atoms with Gasteiger partial charge in [-0.1, -0.05) is 23.2 Å². The van der Waals surface area contributed by atoms with Crippen molar-refractivity contribution in [2.24, 2.45) is 0 Å². The Bertz CT molecular complexity index is 1200. The monoisotopic (exact) mass is 460 g/mol. The Balaban J connectivity index is 0.00000256. The van der Waals surface area contributed by atoms with Crippen molar-refractivity contribution in [1.29, 1.82) is 0 Å². The second kappa shape index (κ2) is 9.19. The zero-order chi connectivity index (χ0) is 20.4. The van der Waals surface area contributed by atoms with Gasteiger partial charge >= 0.3 is 0 Å². The van der Waals surface area contributed by atoms with Crippen LogP contribution >= 0.6 is 35.4 Å². The van der Waals surface area contributed by atoms with E-state index in [0.29, 0.717) is 44.0 Å². The number of aromatic nitrogens is 2. The predicted molar refractivity (Wildman–Crippen MR) is 121 cm³/mol. The molecule has 0 aliphatic carbocycles. The van der Waals surface area contributed by atoms with Crippen LogP contribution in [0.1, 0.15) is 10.4 Å². The molecule has 0 bridgehead atoms. The number of nitrogens with one attached hydrogen (secondary N) is 2. The van der Waals surface area contributed by atoms with Gasteiger partial charge in [0.2, 0.25) is 5.89 Å². The summed E-state index contributed by atoms with van der Waals surface area (Å²) < 4.78 is 5.73. The summed E-state index contributed by atoms with van der Waals surface area (Å²) in [6.45, 7) is 0. The van der Waals surface area contributed by atoms with Crippen LogP contribution in [0.25, 0.3) is 22.7 Å². The van der Waals surface area contributed by atoms with Crippen LogP contribution in [0, 0.1) is 0 Å². The molecule has 0 radical (unpaired) electrons. The van der Waals surface area contributed by atoms with E-state index in [1.54, 1.807) is 60.8 Å². The summed E-state index contributed by atoms with van der Waals surface area (Å²) in [7, 11) is 0. The van der Waals surface area contributed by atoms with Gasteiger partial charge in [0.25, 0.3) is 5.91 Å². The molecule has 2 aromatic carbocycles. The van der Waals surface area contributed by atoms with E-state index < -0.39 is 0 Å². The number of carbonyl (C=O) groups excluding carboxylic acids is 1. The van der Waals surface area contributed by atoms with Gasteiger partial charge in [0.15, 0.2) is 16.3 Å². The van der Waals surface area contributed by atoms with Crippen molar-refractivity contribution in [3.05, 3.63) is 76.4 Å². The first-order valence-corrected chi connectivity index (χ1v) is 9.55. The molecule has 0 saturated carbocycles. The average Bonchev–Trinajstić information content (AvgIpc) is 3.14. The summed E-state index contributed by atoms with van der Waals surface area (Å²) in [6, 6.07) is 15.2. The van der Waals surface area contributed by atoms with Gasteiger partial charge in [-0.25, -0.2) is 4.98 Å². The number of halogens is 2. The highest BCUT2D eigenvalue weighted by Crippen LogP contribution is 2.30. The van der Waals surface area contributed by atoms with Crippen LogP contribution in [0.3, 0.4) is 0 Å². The molecule has 4 rings (SSSR count). The van der Waals surface area contributed by atoms with Crippen LogP contribution in [0.4, 0.5) is 5.69 Å². The fraction of sp³-hybridized carbons (Fsp3) is 0. The Labute approximate surface area is 186 Å². The quantitative estimate of drug-likeness (QED) is 0.435. The first-order chi connectivity index (χ1) is 14.0. The van der Waals surface area contributed by atoms with Gasteiger partial charge in [0, 0.05) is 22.3 Å². The first-order valence-electron chi connectivity index (χ1n) is 8.39. The molecular weight excluding hydrogens is 447 g/mol. The van der Waals surface area contributed by atoms with Gasteiger partial charge in [-0.05, 0) is 66.8 Å². The van der Waals surface area contributed by atoms with Gasteiger partial charge in [-0.15, -0.1) is 0 Å². The van der Waals surface area contributed by atoms with Crippen molar-refractivity contribution in [2.75, 3.05) is 5.32 Å². The summed E-state index contributed by atoms with van der Waals surface area (Å²) in [5.41, 5.74) is 2.70. The third-order valence-corrected chi connectivity index (χ3v) is 4.75. The van der Waals surface area contributed by atoms with Crippen molar-refractivity contribution < 1.29 is 14.7 Å². The van der Waals surface area contributed by atoms with E-state index in [9.17, 15) is 4.79 Å². The Kier molecular flexibility index (Phi) is 6.63. The lowest BCUT2D eigenvalue weighted by Crippen LogP contribution is -2.34. The van der Waals surface area contributed by atoms with Crippen molar-refractivity contribution in [2.45, 2.75) is 0 Å². The SMILES string of the molecule is O.O=C(NC(=S)Nc1cc(-c2nc3ncccc3o2)ccc1Cl)c1ccc(Cl)cc1. The zero-order valence-corrected chi connectivity index (χ0v) is 17.5. The number of hydrogen-bond acceptors (Lipinski definition) is 5. The topological polar surface area (TPSA) is 112 Å². The van der Waals surface area contributed by atoms with Crippen LogP contribution < -0.4 is 10.6 Å². The zero-order valence-electron chi connectivity index (χ0n) is 15.1. The molecule has 30 heavy (non-hydrogen) atoms.